The molecule has 0 unspecified atom stereocenters. The molecule has 1 aromatic heterocycles. The van der Waals surface area contributed by atoms with Crippen molar-refractivity contribution >= 4 is 5.91 Å². The van der Waals surface area contributed by atoms with Gasteiger partial charge in [0.15, 0.2) is 0 Å². The number of rotatable bonds is 4. The van der Waals surface area contributed by atoms with Crippen LogP contribution in [0.1, 0.15) is 23.3 Å². The van der Waals surface area contributed by atoms with Crippen LogP contribution < -0.4 is 5.32 Å². The van der Waals surface area contributed by atoms with E-state index in [9.17, 15) is 4.79 Å². The fourth-order valence-electron chi connectivity index (χ4n) is 3.04. The van der Waals surface area contributed by atoms with Crippen LogP contribution in [0.25, 0.3) is 5.69 Å². The summed E-state index contributed by atoms with van der Waals surface area (Å²) in [4.78, 5) is 18.9. The van der Waals surface area contributed by atoms with E-state index in [0.717, 1.165) is 38.2 Å². The maximum Gasteiger partial charge on any atom is 0.272 e. The van der Waals surface area contributed by atoms with Gasteiger partial charge in [-0.1, -0.05) is 18.2 Å². The quantitative estimate of drug-likeness (QED) is 0.938. The number of carbonyl (C=O) groups is 1. The predicted octanol–water partition coefficient (Wildman–Crippen LogP) is 1.94. The number of benzene rings is 1. The zero-order chi connectivity index (χ0) is 15.4. The maximum absolute atomic E-state index is 12.8. The van der Waals surface area contributed by atoms with E-state index in [4.69, 9.17) is 0 Å². The Morgan fingerprint density at radius 2 is 2.00 bits per heavy atom. The van der Waals surface area contributed by atoms with Gasteiger partial charge < -0.3 is 10.2 Å². The summed E-state index contributed by atoms with van der Waals surface area (Å²) in [6.07, 6.45) is 5.49. The van der Waals surface area contributed by atoms with Gasteiger partial charge in [-0.25, -0.2) is 4.98 Å². The zero-order valence-corrected chi connectivity index (χ0v) is 12.9. The third-order valence-electron chi connectivity index (χ3n) is 4.29. The van der Waals surface area contributed by atoms with Crippen LogP contribution in [0.2, 0.25) is 0 Å². The van der Waals surface area contributed by atoms with Gasteiger partial charge in [-0.05, 0) is 44.5 Å². The van der Waals surface area contributed by atoms with Crippen LogP contribution in [0, 0.1) is 5.92 Å². The van der Waals surface area contributed by atoms with Crippen LogP contribution in [0.3, 0.4) is 0 Å². The van der Waals surface area contributed by atoms with Gasteiger partial charge in [0.25, 0.3) is 5.91 Å². The van der Waals surface area contributed by atoms with Gasteiger partial charge in [0.05, 0.1) is 12.5 Å². The minimum Gasteiger partial charge on any atom is -0.337 e. The van der Waals surface area contributed by atoms with Crippen LogP contribution in [-0.2, 0) is 0 Å². The first kappa shape index (κ1) is 14.8. The van der Waals surface area contributed by atoms with Crippen LogP contribution in [-0.4, -0.2) is 47.0 Å². The molecule has 5 heteroatoms. The summed E-state index contributed by atoms with van der Waals surface area (Å²) in [5, 5.41) is 3.22. The van der Waals surface area contributed by atoms with E-state index in [1.165, 1.54) is 0 Å². The molecule has 1 saturated heterocycles. The van der Waals surface area contributed by atoms with Crippen molar-refractivity contribution in [1.82, 2.24) is 19.8 Å². The van der Waals surface area contributed by atoms with Crippen molar-refractivity contribution in [2.45, 2.75) is 12.8 Å². The summed E-state index contributed by atoms with van der Waals surface area (Å²) in [5.41, 5.74) is 1.60. The lowest BCUT2D eigenvalue weighted by molar-refractivity contribution is 0.0683. The highest BCUT2D eigenvalue weighted by Crippen LogP contribution is 2.19. The third-order valence-corrected chi connectivity index (χ3v) is 4.29. The fraction of sp³-hybridized carbons (Fsp3) is 0.412. The summed E-state index contributed by atoms with van der Waals surface area (Å²) in [7, 11) is 1.98. The Labute approximate surface area is 131 Å². The highest BCUT2D eigenvalue weighted by molar-refractivity contribution is 5.93. The van der Waals surface area contributed by atoms with E-state index >= 15 is 0 Å². The zero-order valence-electron chi connectivity index (χ0n) is 12.9. The van der Waals surface area contributed by atoms with E-state index in [2.05, 4.69) is 10.3 Å². The Morgan fingerprint density at radius 1 is 1.27 bits per heavy atom. The van der Waals surface area contributed by atoms with Gasteiger partial charge in [0.2, 0.25) is 0 Å². The lowest BCUT2D eigenvalue weighted by Gasteiger charge is -2.32. The van der Waals surface area contributed by atoms with E-state index in [-0.39, 0.29) is 5.91 Å². The molecule has 22 heavy (non-hydrogen) atoms. The molecule has 1 fully saturated rings. The number of amides is 1. The maximum atomic E-state index is 12.8. The molecular formula is C17H22N4O. The summed E-state index contributed by atoms with van der Waals surface area (Å²) in [6.45, 7) is 2.68. The second-order valence-corrected chi connectivity index (χ2v) is 5.78. The number of carbonyl (C=O) groups excluding carboxylic acids is 1. The van der Waals surface area contributed by atoms with Crippen LogP contribution in [0.15, 0.2) is 42.9 Å². The van der Waals surface area contributed by atoms with Crippen LogP contribution in [0.5, 0.6) is 0 Å². The molecular weight excluding hydrogens is 276 g/mol. The third kappa shape index (κ3) is 3.04. The standard InChI is InChI=1S/C17H22N4O/c1-18-11-14-7-9-20(10-8-14)17(22)16-12-19-13-21(16)15-5-3-2-4-6-15/h2-6,12-14,18H,7-11H2,1H3. The SMILES string of the molecule is CNCC1CCN(C(=O)c2cncn2-c2ccccc2)CC1. The average Bonchev–Trinajstić information content (AvgIpc) is 3.06. The summed E-state index contributed by atoms with van der Waals surface area (Å²) >= 11 is 0. The van der Waals surface area contributed by atoms with Gasteiger partial charge in [-0.15, -0.1) is 0 Å². The fourth-order valence-corrected chi connectivity index (χ4v) is 3.04. The molecule has 0 atom stereocenters. The van der Waals surface area contributed by atoms with E-state index in [1.807, 2.05) is 46.8 Å². The number of likely N-dealkylation sites (tertiary alicyclic amines) is 1. The average molecular weight is 298 g/mol. The van der Waals surface area contributed by atoms with Crippen molar-refractivity contribution in [1.29, 1.82) is 0 Å². The van der Waals surface area contributed by atoms with Crippen molar-refractivity contribution in [3.63, 3.8) is 0 Å². The Morgan fingerprint density at radius 3 is 2.68 bits per heavy atom. The Balaban J connectivity index is 1.73. The number of hydrogen-bond donors (Lipinski definition) is 1. The van der Waals surface area contributed by atoms with Crippen molar-refractivity contribution in [2.24, 2.45) is 5.92 Å². The summed E-state index contributed by atoms with van der Waals surface area (Å²) < 4.78 is 1.86. The highest BCUT2D eigenvalue weighted by Gasteiger charge is 2.25. The number of aromatic nitrogens is 2. The number of para-hydroxylation sites is 1. The first-order chi connectivity index (χ1) is 10.8. The second-order valence-electron chi connectivity index (χ2n) is 5.78. The highest BCUT2D eigenvalue weighted by atomic mass is 16.2. The van der Waals surface area contributed by atoms with E-state index < -0.39 is 0 Å². The Bertz CT molecular complexity index is 615. The molecule has 5 nitrogen and oxygen atoms in total. The Kier molecular flexibility index (Phi) is 4.53. The molecule has 0 spiro atoms. The summed E-state index contributed by atoms with van der Waals surface area (Å²) in [5.74, 6) is 0.748. The van der Waals surface area contributed by atoms with Gasteiger partial charge in [-0.2, -0.15) is 0 Å². The monoisotopic (exact) mass is 298 g/mol. The Hall–Kier alpha value is -2.14. The van der Waals surface area contributed by atoms with E-state index in [1.54, 1.807) is 12.5 Å². The lowest BCUT2D eigenvalue weighted by Crippen LogP contribution is -2.41. The minimum atomic E-state index is 0.0734. The molecule has 1 amide bonds. The number of piperidine rings is 1. The minimum absolute atomic E-state index is 0.0734. The predicted molar refractivity (Wildman–Crippen MR) is 86.1 cm³/mol. The topological polar surface area (TPSA) is 50.2 Å². The van der Waals surface area contributed by atoms with Crippen molar-refractivity contribution < 1.29 is 4.79 Å². The molecule has 1 aliphatic heterocycles. The van der Waals surface area contributed by atoms with Crippen molar-refractivity contribution in [3.05, 3.63) is 48.5 Å². The molecule has 116 valence electrons. The molecule has 0 aliphatic carbocycles. The normalized spacial score (nSPS) is 16.0. The summed E-state index contributed by atoms with van der Waals surface area (Å²) in [6, 6.07) is 9.86. The molecule has 1 aliphatic rings. The van der Waals surface area contributed by atoms with Crippen LogP contribution in [0.4, 0.5) is 0 Å². The lowest BCUT2D eigenvalue weighted by atomic mass is 9.96. The molecule has 3 rings (SSSR count). The number of hydrogen-bond acceptors (Lipinski definition) is 3. The first-order valence-electron chi connectivity index (χ1n) is 7.81. The molecule has 2 heterocycles. The second kappa shape index (κ2) is 6.75. The molecule has 1 N–H and O–H groups in total. The molecule has 0 bridgehead atoms. The van der Waals surface area contributed by atoms with Gasteiger partial charge in [0, 0.05) is 18.8 Å². The smallest absolute Gasteiger partial charge is 0.272 e. The van der Waals surface area contributed by atoms with E-state index in [0.29, 0.717) is 11.6 Å². The van der Waals surface area contributed by atoms with Gasteiger partial charge >= 0.3 is 0 Å². The largest absolute Gasteiger partial charge is 0.337 e. The number of nitrogens with zero attached hydrogens (tertiary/aromatic N) is 3. The number of imidazole rings is 1. The first-order valence-corrected chi connectivity index (χ1v) is 7.81. The molecule has 2 aromatic rings. The molecule has 0 radical (unpaired) electrons. The van der Waals surface area contributed by atoms with Gasteiger partial charge in [0.1, 0.15) is 5.69 Å². The van der Waals surface area contributed by atoms with Crippen molar-refractivity contribution in [2.75, 3.05) is 26.7 Å². The molecule has 1 aromatic carbocycles. The van der Waals surface area contributed by atoms with Crippen LogP contribution >= 0.6 is 0 Å². The number of nitrogens with one attached hydrogen (secondary N) is 1. The van der Waals surface area contributed by atoms with Gasteiger partial charge in [-0.3, -0.25) is 9.36 Å². The molecule has 0 saturated carbocycles. The van der Waals surface area contributed by atoms with Crippen molar-refractivity contribution in [3.8, 4) is 5.69 Å².